The molecule has 1 rings (SSSR count). The van der Waals surface area contributed by atoms with Crippen molar-refractivity contribution < 1.29 is 0 Å². The van der Waals surface area contributed by atoms with Crippen LogP contribution in [0.3, 0.4) is 0 Å². The Labute approximate surface area is 102 Å². The molecular formula is C12H18ClN3. The molecule has 0 spiro atoms. The second kappa shape index (κ2) is 7.12. The molecule has 0 aliphatic heterocycles. The highest BCUT2D eigenvalue weighted by atomic mass is 35.5. The summed E-state index contributed by atoms with van der Waals surface area (Å²) in [6, 6.07) is 7.65. The molecule has 0 saturated carbocycles. The van der Waals surface area contributed by atoms with Crippen LogP contribution in [0.5, 0.6) is 0 Å². The van der Waals surface area contributed by atoms with Gasteiger partial charge in [-0.05, 0) is 18.1 Å². The molecule has 0 atom stereocenters. The van der Waals surface area contributed by atoms with Crippen LogP contribution in [0.2, 0.25) is 5.02 Å². The molecule has 0 radical (unpaired) electrons. The van der Waals surface area contributed by atoms with Crippen molar-refractivity contribution in [1.82, 2.24) is 5.32 Å². The van der Waals surface area contributed by atoms with Gasteiger partial charge in [-0.25, -0.2) is 4.99 Å². The van der Waals surface area contributed by atoms with Crippen molar-refractivity contribution in [2.75, 3.05) is 6.54 Å². The Morgan fingerprint density at radius 2 is 2.19 bits per heavy atom. The number of unbranched alkanes of at least 4 members (excludes halogenated alkanes) is 1. The van der Waals surface area contributed by atoms with Gasteiger partial charge >= 0.3 is 0 Å². The lowest BCUT2D eigenvalue weighted by Gasteiger charge is -2.05. The molecule has 3 N–H and O–H groups in total. The van der Waals surface area contributed by atoms with E-state index in [4.69, 9.17) is 17.3 Å². The highest BCUT2D eigenvalue weighted by molar-refractivity contribution is 6.31. The molecule has 0 heterocycles. The van der Waals surface area contributed by atoms with E-state index in [9.17, 15) is 0 Å². The van der Waals surface area contributed by atoms with E-state index in [1.165, 1.54) is 0 Å². The van der Waals surface area contributed by atoms with Crippen LogP contribution in [0.15, 0.2) is 29.3 Å². The fourth-order valence-corrected chi connectivity index (χ4v) is 1.44. The normalized spacial score (nSPS) is 11.5. The van der Waals surface area contributed by atoms with Gasteiger partial charge in [0.2, 0.25) is 0 Å². The van der Waals surface area contributed by atoms with E-state index in [-0.39, 0.29) is 0 Å². The summed E-state index contributed by atoms with van der Waals surface area (Å²) in [7, 11) is 0. The summed E-state index contributed by atoms with van der Waals surface area (Å²) in [4.78, 5) is 4.23. The zero-order valence-electron chi connectivity index (χ0n) is 9.54. The molecule has 0 aliphatic carbocycles. The Hall–Kier alpha value is -1.22. The second-order valence-electron chi connectivity index (χ2n) is 3.57. The van der Waals surface area contributed by atoms with Crippen molar-refractivity contribution >= 4 is 17.6 Å². The average Bonchev–Trinajstić information content (AvgIpc) is 2.28. The van der Waals surface area contributed by atoms with Gasteiger partial charge in [-0.3, -0.25) is 0 Å². The molecule has 0 amide bonds. The SMILES string of the molecule is CCCCNC(N)=NCc1ccccc1Cl. The number of nitrogens with one attached hydrogen (secondary N) is 1. The van der Waals surface area contributed by atoms with Crippen molar-refractivity contribution in [1.29, 1.82) is 0 Å². The standard InChI is InChI=1S/C12H18ClN3/c1-2-3-8-15-12(14)16-9-10-6-4-5-7-11(10)13/h4-7H,2-3,8-9H2,1H3,(H3,14,15,16). The van der Waals surface area contributed by atoms with Crippen molar-refractivity contribution in [2.24, 2.45) is 10.7 Å². The molecule has 0 unspecified atom stereocenters. The summed E-state index contributed by atoms with van der Waals surface area (Å²) in [6.07, 6.45) is 2.24. The zero-order chi connectivity index (χ0) is 11.8. The van der Waals surface area contributed by atoms with Gasteiger partial charge in [-0.1, -0.05) is 43.1 Å². The van der Waals surface area contributed by atoms with Gasteiger partial charge in [0.15, 0.2) is 5.96 Å². The molecule has 3 nitrogen and oxygen atoms in total. The third-order valence-corrected chi connectivity index (χ3v) is 2.58. The Balaban J connectivity index is 2.43. The Morgan fingerprint density at radius 1 is 1.44 bits per heavy atom. The highest BCUT2D eigenvalue weighted by Crippen LogP contribution is 2.15. The summed E-state index contributed by atoms with van der Waals surface area (Å²) in [5.74, 6) is 0.480. The summed E-state index contributed by atoms with van der Waals surface area (Å²) in [5, 5.41) is 3.79. The van der Waals surface area contributed by atoms with Gasteiger partial charge in [0.05, 0.1) is 6.54 Å². The minimum Gasteiger partial charge on any atom is -0.370 e. The van der Waals surface area contributed by atoms with Crippen LogP contribution in [0.25, 0.3) is 0 Å². The van der Waals surface area contributed by atoms with Gasteiger partial charge in [0.1, 0.15) is 0 Å². The van der Waals surface area contributed by atoms with Gasteiger partial charge in [-0.2, -0.15) is 0 Å². The predicted molar refractivity (Wildman–Crippen MR) is 69.7 cm³/mol. The van der Waals surface area contributed by atoms with E-state index in [0.717, 1.165) is 30.0 Å². The van der Waals surface area contributed by atoms with Crippen LogP contribution < -0.4 is 11.1 Å². The monoisotopic (exact) mass is 239 g/mol. The average molecular weight is 240 g/mol. The van der Waals surface area contributed by atoms with E-state index < -0.39 is 0 Å². The van der Waals surface area contributed by atoms with E-state index in [1.807, 2.05) is 24.3 Å². The molecule has 88 valence electrons. The van der Waals surface area contributed by atoms with Gasteiger partial charge in [-0.15, -0.1) is 0 Å². The van der Waals surface area contributed by atoms with E-state index in [0.29, 0.717) is 12.5 Å². The number of aliphatic imine (C=N–C) groups is 1. The highest BCUT2D eigenvalue weighted by Gasteiger charge is 1.97. The molecule has 0 bridgehead atoms. The topological polar surface area (TPSA) is 50.4 Å². The van der Waals surface area contributed by atoms with E-state index >= 15 is 0 Å². The van der Waals surface area contributed by atoms with Crippen LogP contribution >= 0.6 is 11.6 Å². The van der Waals surface area contributed by atoms with Crippen molar-refractivity contribution in [3.8, 4) is 0 Å². The lowest BCUT2D eigenvalue weighted by molar-refractivity contribution is 0.748. The second-order valence-corrected chi connectivity index (χ2v) is 3.98. The first-order chi connectivity index (χ1) is 7.74. The van der Waals surface area contributed by atoms with Gasteiger partial charge in [0.25, 0.3) is 0 Å². The first-order valence-corrected chi connectivity index (χ1v) is 5.89. The van der Waals surface area contributed by atoms with Crippen LogP contribution in [0.4, 0.5) is 0 Å². The van der Waals surface area contributed by atoms with Crippen molar-refractivity contribution in [3.05, 3.63) is 34.9 Å². The lowest BCUT2D eigenvalue weighted by Crippen LogP contribution is -2.32. The number of halogens is 1. The fourth-order valence-electron chi connectivity index (χ4n) is 1.25. The smallest absolute Gasteiger partial charge is 0.188 e. The number of benzene rings is 1. The number of hydrogen-bond donors (Lipinski definition) is 2. The molecule has 0 aromatic heterocycles. The number of guanidine groups is 1. The molecule has 0 aliphatic rings. The van der Waals surface area contributed by atoms with E-state index in [2.05, 4.69) is 17.2 Å². The molecule has 0 fully saturated rings. The minimum absolute atomic E-state index is 0.480. The largest absolute Gasteiger partial charge is 0.370 e. The summed E-state index contributed by atoms with van der Waals surface area (Å²) in [5.41, 5.74) is 6.70. The Kier molecular flexibility index (Phi) is 5.72. The summed E-state index contributed by atoms with van der Waals surface area (Å²) in [6.45, 7) is 3.53. The minimum atomic E-state index is 0.480. The Morgan fingerprint density at radius 3 is 2.88 bits per heavy atom. The molecule has 0 saturated heterocycles. The lowest BCUT2D eigenvalue weighted by atomic mass is 10.2. The third kappa shape index (κ3) is 4.53. The Bertz CT molecular complexity index is 350. The maximum absolute atomic E-state index is 6.00. The maximum Gasteiger partial charge on any atom is 0.188 e. The van der Waals surface area contributed by atoms with Gasteiger partial charge < -0.3 is 11.1 Å². The first kappa shape index (κ1) is 12.8. The van der Waals surface area contributed by atoms with E-state index in [1.54, 1.807) is 0 Å². The number of nitrogens with two attached hydrogens (primary N) is 1. The number of nitrogens with zero attached hydrogens (tertiary/aromatic N) is 1. The summed E-state index contributed by atoms with van der Waals surface area (Å²) >= 11 is 6.00. The molecule has 4 heteroatoms. The quantitative estimate of drug-likeness (QED) is 0.471. The fraction of sp³-hybridized carbons (Fsp3) is 0.417. The molecule has 1 aromatic carbocycles. The zero-order valence-corrected chi connectivity index (χ0v) is 10.3. The molecule has 16 heavy (non-hydrogen) atoms. The van der Waals surface area contributed by atoms with Crippen molar-refractivity contribution in [2.45, 2.75) is 26.3 Å². The maximum atomic E-state index is 6.00. The van der Waals surface area contributed by atoms with Crippen LogP contribution in [-0.4, -0.2) is 12.5 Å². The van der Waals surface area contributed by atoms with Gasteiger partial charge in [0, 0.05) is 11.6 Å². The predicted octanol–water partition coefficient (Wildman–Crippen LogP) is 2.54. The van der Waals surface area contributed by atoms with Crippen molar-refractivity contribution in [3.63, 3.8) is 0 Å². The third-order valence-electron chi connectivity index (χ3n) is 2.21. The van der Waals surface area contributed by atoms with Crippen LogP contribution in [-0.2, 0) is 6.54 Å². The van der Waals surface area contributed by atoms with Crippen LogP contribution in [0.1, 0.15) is 25.3 Å². The molecular weight excluding hydrogens is 222 g/mol. The van der Waals surface area contributed by atoms with Crippen LogP contribution in [0, 0.1) is 0 Å². The molecule has 1 aromatic rings. The first-order valence-electron chi connectivity index (χ1n) is 5.51. The summed E-state index contributed by atoms with van der Waals surface area (Å²) < 4.78 is 0. The number of hydrogen-bond acceptors (Lipinski definition) is 1. The number of rotatable bonds is 5.